The highest BCUT2D eigenvalue weighted by Crippen LogP contribution is 2.22. The second kappa shape index (κ2) is 20.2. The average molecular weight is 520 g/mol. The van der Waals surface area contributed by atoms with Crippen molar-refractivity contribution in [2.75, 3.05) is 13.2 Å². The number of ether oxygens (including phenoxy) is 2. The van der Waals surface area contributed by atoms with Crippen LogP contribution in [0.2, 0.25) is 0 Å². The van der Waals surface area contributed by atoms with E-state index in [-0.39, 0.29) is 12.5 Å². The molecule has 1 fully saturated rings. The van der Waals surface area contributed by atoms with E-state index in [0.717, 1.165) is 44.9 Å². The highest BCUT2D eigenvalue weighted by atomic mass is 16.7. The molecule has 0 radical (unpaired) electrons. The summed E-state index contributed by atoms with van der Waals surface area (Å²) in [6.07, 6.45) is 7.53. The van der Waals surface area contributed by atoms with Gasteiger partial charge in [0, 0.05) is 6.42 Å². The van der Waals surface area contributed by atoms with Gasteiger partial charge in [-0.25, -0.2) is 0 Å². The molecule has 1 heterocycles. The lowest BCUT2D eigenvalue weighted by molar-refractivity contribution is -0.302. The van der Waals surface area contributed by atoms with Gasteiger partial charge in [0.25, 0.3) is 0 Å². The first-order valence-corrected chi connectivity index (χ1v) is 14.2. The van der Waals surface area contributed by atoms with Gasteiger partial charge in [0.15, 0.2) is 6.29 Å². The predicted octanol–water partition coefficient (Wildman–Crippen LogP) is 2.54. The summed E-state index contributed by atoms with van der Waals surface area (Å²) in [6.45, 7) is 3.63. The Morgan fingerprint density at radius 2 is 1.39 bits per heavy atom. The number of aliphatic hydroxyl groups excluding tert-OH is 5. The first kappa shape index (κ1) is 33.2. The van der Waals surface area contributed by atoms with Gasteiger partial charge in [-0.1, -0.05) is 90.9 Å². The zero-order valence-corrected chi connectivity index (χ0v) is 22.5. The molecule has 0 spiro atoms. The van der Waals surface area contributed by atoms with E-state index >= 15 is 0 Å². The molecule has 0 saturated carbocycles. The van der Waals surface area contributed by atoms with Gasteiger partial charge in [0.05, 0.1) is 25.4 Å². The minimum atomic E-state index is -1.54. The fourth-order valence-corrected chi connectivity index (χ4v) is 4.51. The van der Waals surface area contributed by atoms with Crippen LogP contribution in [0.15, 0.2) is 0 Å². The molecule has 0 aromatic carbocycles. The van der Waals surface area contributed by atoms with Gasteiger partial charge in [-0.3, -0.25) is 4.79 Å². The third-order valence-corrected chi connectivity index (χ3v) is 6.96. The van der Waals surface area contributed by atoms with Gasteiger partial charge in [0.1, 0.15) is 24.4 Å². The number of hydrogen-bond donors (Lipinski definition) is 6. The second-order valence-corrected chi connectivity index (χ2v) is 10.2. The molecule has 0 aromatic heterocycles. The zero-order chi connectivity index (χ0) is 26.8. The third-order valence-electron chi connectivity index (χ3n) is 6.96. The number of unbranched alkanes of at least 4 members (excludes halogenated alkanes) is 11. The highest BCUT2D eigenvalue weighted by molar-refractivity contribution is 5.76. The molecule has 1 saturated heterocycles. The Morgan fingerprint density at radius 1 is 0.833 bits per heavy atom. The minimum Gasteiger partial charge on any atom is -0.394 e. The number of carbonyl (C=O) groups excluding carboxylic acids is 1. The van der Waals surface area contributed by atoms with Crippen molar-refractivity contribution < 1.29 is 39.8 Å². The van der Waals surface area contributed by atoms with Crippen LogP contribution >= 0.6 is 0 Å². The topological polar surface area (TPSA) is 149 Å². The molecule has 1 rings (SSSR count). The van der Waals surface area contributed by atoms with Crippen LogP contribution in [0.3, 0.4) is 0 Å². The van der Waals surface area contributed by atoms with Gasteiger partial charge >= 0.3 is 0 Å². The van der Waals surface area contributed by atoms with Gasteiger partial charge in [0.2, 0.25) is 5.91 Å². The van der Waals surface area contributed by atoms with Crippen molar-refractivity contribution in [1.82, 2.24) is 5.32 Å². The lowest BCUT2D eigenvalue weighted by Gasteiger charge is -2.40. The summed E-state index contributed by atoms with van der Waals surface area (Å²) < 4.78 is 11.0. The van der Waals surface area contributed by atoms with Crippen LogP contribution in [-0.4, -0.2) is 87.5 Å². The van der Waals surface area contributed by atoms with E-state index in [4.69, 9.17) is 9.47 Å². The summed E-state index contributed by atoms with van der Waals surface area (Å²) in [4.78, 5) is 12.6. The monoisotopic (exact) mass is 519 g/mol. The summed E-state index contributed by atoms with van der Waals surface area (Å²) >= 11 is 0. The molecule has 0 bridgehead atoms. The van der Waals surface area contributed by atoms with Crippen LogP contribution in [0.4, 0.5) is 0 Å². The number of aliphatic hydroxyl groups is 5. The molecule has 0 aromatic rings. The van der Waals surface area contributed by atoms with Crippen LogP contribution in [0.5, 0.6) is 0 Å². The molecule has 6 N–H and O–H groups in total. The van der Waals surface area contributed by atoms with E-state index in [2.05, 4.69) is 19.2 Å². The largest absolute Gasteiger partial charge is 0.394 e. The predicted molar refractivity (Wildman–Crippen MR) is 138 cm³/mol. The number of carbonyl (C=O) groups is 1. The lowest BCUT2D eigenvalue weighted by atomic mass is 9.99. The number of amides is 1. The maximum Gasteiger partial charge on any atom is 0.220 e. The maximum absolute atomic E-state index is 12.6. The van der Waals surface area contributed by atoms with E-state index < -0.39 is 49.5 Å². The Labute approximate surface area is 217 Å². The summed E-state index contributed by atoms with van der Waals surface area (Å²) in [6, 6.07) is -0.704. The van der Waals surface area contributed by atoms with Crippen molar-refractivity contribution in [3.8, 4) is 0 Å². The lowest BCUT2D eigenvalue weighted by Crippen LogP contribution is -2.60. The molecule has 1 amide bonds. The number of hydrogen-bond acceptors (Lipinski definition) is 8. The third kappa shape index (κ3) is 13.1. The Morgan fingerprint density at radius 3 is 1.97 bits per heavy atom. The van der Waals surface area contributed by atoms with Crippen LogP contribution < -0.4 is 5.32 Å². The normalized spacial score (nSPS) is 26.0. The highest BCUT2D eigenvalue weighted by Gasteiger charge is 2.44. The molecule has 7 unspecified atom stereocenters. The fraction of sp³-hybridized carbons (Fsp3) is 0.963. The molecular weight excluding hydrogens is 466 g/mol. The Kier molecular flexibility index (Phi) is 18.6. The summed E-state index contributed by atoms with van der Waals surface area (Å²) in [5.74, 6) is -0.159. The van der Waals surface area contributed by atoms with E-state index in [1.54, 1.807) is 0 Å². The molecule has 9 heteroatoms. The summed E-state index contributed by atoms with van der Waals surface area (Å²) in [7, 11) is 0. The van der Waals surface area contributed by atoms with Crippen molar-refractivity contribution in [2.45, 2.75) is 153 Å². The summed E-state index contributed by atoms with van der Waals surface area (Å²) in [5.41, 5.74) is 0. The molecule has 1 aliphatic rings. The van der Waals surface area contributed by atoms with Crippen molar-refractivity contribution in [3.63, 3.8) is 0 Å². The zero-order valence-electron chi connectivity index (χ0n) is 22.5. The van der Waals surface area contributed by atoms with Crippen molar-refractivity contribution in [3.05, 3.63) is 0 Å². The molecular formula is C27H53NO8. The Hall–Kier alpha value is -0.810. The van der Waals surface area contributed by atoms with E-state index in [0.29, 0.717) is 12.8 Å². The van der Waals surface area contributed by atoms with Crippen LogP contribution in [-0.2, 0) is 14.3 Å². The first-order chi connectivity index (χ1) is 17.3. The van der Waals surface area contributed by atoms with Crippen LogP contribution in [0.25, 0.3) is 0 Å². The van der Waals surface area contributed by atoms with Gasteiger partial charge < -0.3 is 40.3 Å². The summed E-state index contributed by atoms with van der Waals surface area (Å²) in [5, 5.41) is 53.1. The fourth-order valence-electron chi connectivity index (χ4n) is 4.51. The van der Waals surface area contributed by atoms with Crippen molar-refractivity contribution in [2.24, 2.45) is 0 Å². The van der Waals surface area contributed by atoms with E-state index in [1.165, 1.54) is 38.5 Å². The minimum absolute atomic E-state index is 0.138. The molecule has 7 atom stereocenters. The smallest absolute Gasteiger partial charge is 0.220 e. The number of nitrogens with one attached hydrogen (secondary N) is 1. The van der Waals surface area contributed by atoms with Crippen molar-refractivity contribution in [1.29, 1.82) is 0 Å². The van der Waals surface area contributed by atoms with Gasteiger partial charge in [-0.2, -0.15) is 0 Å². The van der Waals surface area contributed by atoms with Crippen LogP contribution in [0, 0.1) is 0 Å². The molecule has 1 aliphatic heterocycles. The molecule has 9 nitrogen and oxygen atoms in total. The van der Waals surface area contributed by atoms with Crippen molar-refractivity contribution >= 4 is 5.91 Å². The molecule has 36 heavy (non-hydrogen) atoms. The second-order valence-electron chi connectivity index (χ2n) is 10.2. The van der Waals surface area contributed by atoms with Crippen LogP contribution in [0.1, 0.15) is 110 Å². The Balaban J connectivity index is 2.51. The van der Waals surface area contributed by atoms with Gasteiger partial charge in [-0.05, 0) is 12.8 Å². The average Bonchev–Trinajstić information content (AvgIpc) is 2.87. The molecule has 214 valence electrons. The quantitative estimate of drug-likeness (QED) is 0.127. The van der Waals surface area contributed by atoms with E-state index in [9.17, 15) is 30.3 Å². The maximum atomic E-state index is 12.6. The standard InChI is InChI=1S/C27H53NO8/c1-3-5-7-9-10-11-12-13-15-17-23(31)28-20(21(30)16-14-8-6-4-2)19-35-27-26(34)25(33)24(32)22(18-29)36-27/h20-22,24-27,29-30,32-34H,3-19H2,1-2H3,(H,28,31). The SMILES string of the molecule is CCCCCCCCCCCC(=O)NC(COC1OC(CO)C(O)C(O)C1O)C(O)CCCCCC. The van der Waals surface area contributed by atoms with E-state index in [1.807, 2.05) is 0 Å². The van der Waals surface area contributed by atoms with Gasteiger partial charge in [-0.15, -0.1) is 0 Å². The first-order valence-electron chi connectivity index (χ1n) is 14.2. The Bertz CT molecular complexity index is 550. The number of rotatable bonds is 21. The molecule has 0 aliphatic carbocycles.